The molecule has 0 unspecified atom stereocenters. The Morgan fingerprint density at radius 2 is 1.90 bits per heavy atom. The van der Waals surface area contributed by atoms with Crippen LogP contribution in [0.3, 0.4) is 0 Å². The van der Waals surface area contributed by atoms with Crippen LogP contribution in [0.25, 0.3) is 0 Å². The van der Waals surface area contributed by atoms with Crippen molar-refractivity contribution in [2.24, 2.45) is 0 Å². The average Bonchev–Trinajstić information content (AvgIpc) is 2.31. The van der Waals surface area contributed by atoms with Gasteiger partial charge in [0.05, 0.1) is 13.2 Å². The highest BCUT2D eigenvalue weighted by Crippen LogP contribution is 2.08. The number of ether oxygens (including phenoxy) is 3. The van der Waals surface area contributed by atoms with Crippen molar-refractivity contribution >= 4 is 6.09 Å². The Hall–Kier alpha value is -1.49. The van der Waals surface area contributed by atoms with E-state index >= 15 is 0 Å². The molecule has 0 aliphatic rings. The molecule has 0 saturated heterocycles. The summed E-state index contributed by atoms with van der Waals surface area (Å²) in [7, 11) is 1.68. The third-order valence-electron chi connectivity index (χ3n) is 2.14. The molecule has 0 heterocycles. The van der Waals surface area contributed by atoms with Crippen LogP contribution >= 0.6 is 0 Å². The Bertz CT molecular complexity index is 331. The zero-order valence-corrected chi connectivity index (χ0v) is 13.3. The summed E-state index contributed by atoms with van der Waals surface area (Å²) in [4.78, 5) is 13.1. The van der Waals surface area contributed by atoms with Crippen LogP contribution < -0.4 is 0 Å². The fourth-order valence-electron chi connectivity index (χ4n) is 1.20. The fourth-order valence-corrected chi connectivity index (χ4v) is 1.20. The summed E-state index contributed by atoms with van der Waals surface area (Å²) in [5.41, 5.74) is -0.479. The summed E-state index contributed by atoms with van der Waals surface area (Å²) in [6, 6.07) is 0. The maximum Gasteiger partial charge on any atom is 0.410 e. The Balaban J connectivity index is 3.65. The Morgan fingerprint density at radius 3 is 2.45 bits per heavy atom. The van der Waals surface area contributed by atoms with E-state index in [-0.39, 0.29) is 6.09 Å². The van der Waals surface area contributed by atoms with Crippen LogP contribution in [0, 0.1) is 0 Å². The monoisotopic (exact) mass is 285 g/mol. The molecule has 0 aliphatic carbocycles. The molecule has 0 aliphatic heterocycles. The SMILES string of the molecule is C=C(/C=C\C)OCCOCCN(C)C(=O)OC(C)(C)C. The van der Waals surface area contributed by atoms with Gasteiger partial charge in [-0.1, -0.05) is 12.7 Å². The van der Waals surface area contributed by atoms with Crippen LogP contribution in [-0.2, 0) is 14.2 Å². The lowest BCUT2D eigenvalue weighted by Crippen LogP contribution is -2.36. The number of rotatable bonds is 8. The first kappa shape index (κ1) is 18.5. The second kappa shape index (κ2) is 9.42. The number of hydrogen-bond acceptors (Lipinski definition) is 4. The lowest BCUT2D eigenvalue weighted by atomic mass is 10.2. The quantitative estimate of drug-likeness (QED) is 0.391. The number of carbonyl (C=O) groups excluding carboxylic acids is 1. The number of nitrogens with zero attached hydrogens (tertiary/aromatic N) is 1. The Labute approximate surface area is 122 Å². The van der Waals surface area contributed by atoms with Crippen LogP contribution in [0.5, 0.6) is 0 Å². The van der Waals surface area contributed by atoms with Crippen LogP contribution in [-0.4, -0.2) is 50.0 Å². The molecule has 0 aromatic rings. The zero-order chi connectivity index (χ0) is 15.6. The van der Waals surface area contributed by atoms with Gasteiger partial charge in [0.2, 0.25) is 0 Å². The van der Waals surface area contributed by atoms with Gasteiger partial charge >= 0.3 is 6.09 Å². The minimum atomic E-state index is -0.479. The van der Waals surface area contributed by atoms with Gasteiger partial charge in [-0.15, -0.1) is 0 Å². The van der Waals surface area contributed by atoms with Crippen molar-refractivity contribution in [1.82, 2.24) is 4.90 Å². The highest BCUT2D eigenvalue weighted by Gasteiger charge is 2.19. The molecule has 0 aromatic carbocycles. The first-order valence-corrected chi connectivity index (χ1v) is 6.72. The Kier molecular flexibility index (Phi) is 8.72. The molecular formula is C15H27NO4. The first-order valence-electron chi connectivity index (χ1n) is 6.72. The number of hydrogen-bond donors (Lipinski definition) is 0. The molecule has 116 valence electrons. The summed E-state index contributed by atoms with van der Waals surface area (Å²) in [6.45, 7) is 12.9. The molecule has 20 heavy (non-hydrogen) atoms. The van der Waals surface area contributed by atoms with Crippen LogP contribution in [0.2, 0.25) is 0 Å². The molecule has 0 atom stereocenters. The largest absolute Gasteiger partial charge is 0.492 e. The molecule has 0 fully saturated rings. The molecule has 0 saturated carbocycles. The molecule has 5 heteroatoms. The maximum atomic E-state index is 11.6. The lowest BCUT2D eigenvalue weighted by molar-refractivity contribution is 0.0201. The van der Waals surface area contributed by atoms with E-state index in [2.05, 4.69) is 6.58 Å². The van der Waals surface area contributed by atoms with Crippen molar-refractivity contribution in [3.05, 3.63) is 24.5 Å². The summed E-state index contributed by atoms with van der Waals surface area (Å²) in [5, 5.41) is 0. The fraction of sp³-hybridized carbons (Fsp3) is 0.667. The van der Waals surface area contributed by atoms with E-state index in [1.54, 1.807) is 13.1 Å². The van der Waals surface area contributed by atoms with Crippen molar-refractivity contribution in [3.8, 4) is 0 Å². The molecule has 5 nitrogen and oxygen atoms in total. The highest BCUT2D eigenvalue weighted by molar-refractivity contribution is 5.67. The van der Waals surface area contributed by atoms with Crippen molar-refractivity contribution in [1.29, 1.82) is 0 Å². The van der Waals surface area contributed by atoms with Gasteiger partial charge in [-0.25, -0.2) is 4.79 Å². The Morgan fingerprint density at radius 1 is 1.25 bits per heavy atom. The second-order valence-electron chi connectivity index (χ2n) is 5.33. The standard InChI is InChI=1S/C15H27NO4/c1-7-8-13(2)19-12-11-18-10-9-16(6)14(17)20-15(3,4)5/h7-8H,2,9-12H2,1,3-6H3/b8-7-. The van der Waals surface area contributed by atoms with E-state index < -0.39 is 5.60 Å². The van der Waals surface area contributed by atoms with E-state index in [0.717, 1.165) is 0 Å². The van der Waals surface area contributed by atoms with Gasteiger partial charge in [0.25, 0.3) is 0 Å². The van der Waals surface area contributed by atoms with Crippen molar-refractivity contribution < 1.29 is 19.0 Å². The van der Waals surface area contributed by atoms with Crippen molar-refractivity contribution in [2.45, 2.75) is 33.3 Å². The summed E-state index contributed by atoms with van der Waals surface area (Å²) < 4.78 is 15.9. The second-order valence-corrected chi connectivity index (χ2v) is 5.33. The third kappa shape index (κ3) is 10.4. The molecule has 0 bridgehead atoms. The van der Waals surface area contributed by atoms with Gasteiger partial charge < -0.3 is 19.1 Å². The normalized spacial score (nSPS) is 11.4. The minimum Gasteiger partial charge on any atom is -0.492 e. The van der Waals surface area contributed by atoms with Crippen LogP contribution in [0.1, 0.15) is 27.7 Å². The zero-order valence-electron chi connectivity index (χ0n) is 13.3. The van der Waals surface area contributed by atoms with E-state index in [4.69, 9.17) is 14.2 Å². The smallest absolute Gasteiger partial charge is 0.410 e. The predicted molar refractivity (Wildman–Crippen MR) is 79.6 cm³/mol. The number of allylic oxidation sites excluding steroid dienone is 2. The van der Waals surface area contributed by atoms with Gasteiger partial charge in [-0.2, -0.15) is 0 Å². The van der Waals surface area contributed by atoms with Crippen molar-refractivity contribution in [2.75, 3.05) is 33.4 Å². The first-order chi connectivity index (χ1) is 9.26. The molecule has 0 spiro atoms. The maximum absolute atomic E-state index is 11.6. The van der Waals surface area contributed by atoms with Crippen LogP contribution in [0.4, 0.5) is 4.79 Å². The predicted octanol–water partition coefficient (Wildman–Crippen LogP) is 2.98. The van der Waals surface area contributed by atoms with E-state index in [1.807, 2.05) is 33.8 Å². The molecule has 0 rings (SSSR count). The van der Waals surface area contributed by atoms with Gasteiger partial charge in [0.15, 0.2) is 0 Å². The molecule has 0 N–H and O–H groups in total. The lowest BCUT2D eigenvalue weighted by Gasteiger charge is -2.24. The summed E-state index contributed by atoms with van der Waals surface area (Å²) in [6.07, 6.45) is 3.30. The van der Waals surface area contributed by atoms with Gasteiger partial charge in [-0.3, -0.25) is 0 Å². The van der Waals surface area contributed by atoms with E-state index in [0.29, 0.717) is 32.1 Å². The highest BCUT2D eigenvalue weighted by atomic mass is 16.6. The molecular weight excluding hydrogens is 258 g/mol. The van der Waals surface area contributed by atoms with E-state index in [9.17, 15) is 4.79 Å². The number of likely N-dealkylation sites (N-methyl/N-ethyl adjacent to an activating group) is 1. The third-order valence-corrected chi connectivity index (χ3v) is 2.14. The topological polar surface area (TPSA) is 48.0 Å². The van der Waals surface area contributed by atoms with Gasteiger partial charge in [0.1, 0.15) is 18.0 Å². The number of carbonyl (C=O) groups is 1. The number of amides is 1. The van der Waals surface area contributed by atoms with E-state index in [1.165, 1.54) is 4.90 Å². The molecule has 1 amide bonds. The van der Waals surface area contributed by atoms with Crippen LogP contribution in [0.15, 0.2) is 24.5 Å². The summed E-state index contributed by atoms with van der Waals surface area (Å²) >= 11 is 0. The molecule has 0 aromatic heterocycles. The average molecular weight is 285 g/mol. The summed E-state index contributed by atoms with van der Waals surface area (Å²) in [5.74, 6) is 0.613. The van der Waals surface area contributed by atoms with Crippen molar-refractivity contribution in [3.63, 3.8) is 0 Å². The van der Waals surface area contributed by atoms with Gasteiger partial charge in [0, 0.05) is 13.6 Å². The molecule has 0 radical (unpaired) electrons. The van der Waals surface area contributed by atoms with Gasteiger partial charge in [-0.05, 0) is 33.8 Å². The minimum absolute atomic E-state index is 0.348.